The molecule has 0 spiro atoms. The van der Waals surface area contributed by atoms with Crippen LogP contribution >= 0.6 is 11.6 Å². The second kappa shape index (κ2) is 6.37. The van der Waals surface area contributed by atoms with Crippen LogP contribution in [0.25, 0.3) is 11.1 Å². The monoisotopic (exact) mass is 304 g/mol. The number of hydrogen-bond donors (Lipinski definition) is 0. The van der Waals surface area contributed by atoms with Crippen molar-refractivity contribution in [3.8, 4) is 16.9 Å². The average molecular weight is 305 g/mol. The number of ether oxygens (including phenoxy) is 1. The van der Waals surface area contributed by atoms with Gasteiger partial charge < -0.3 is 9.64 Å². The second-order valence-electron chi connectivity index (χ2n) is 5.22. The topological polar surface area (TPSA) is 51.1 Å². The van der Waals surface area contributed by atoms with Gasteiger partial charge in [-0.25, -0.2) is 15.0 Å². The minimum absolute atomic E-state index is 0.426. The summed E-state index contributed by atoms with van der Waals surface area (Å²) in [5.74, 6) is 0.721. The standard InChI is InChI=1S/C15H17ClN4O/c1-20-4-2-3-12(20)9-21-13-5-14(15(16)19-8-13)11-6-17-10-18-7-11/h5-8,10,12H,2-4,9H2,1H3/t12-/m0/s1. The van der Waals surface area contributed by atoms with Crippen molar-refractivity contribution in [3.05, 3.63) is 36.1 Å². The lowest BCUT2D eigenvalue weighted by Crippen LogP contribution is -2.30. The summed E-state index contributed by atoms with van der Waals surface area (Å²) < 4.78 is 5.87. The van der Waals surface area contributed by atoms with E-state index in [4.69, 9.17) is 16.3 Å². The van der Waals surface area contributed by atoms with Gasteiger partial charge in [-0.1, -0.05) is 11.6 Å². The molecule has 1 saturated heterocycles. The van der Waals surface area contributed by atoms with E-state index in [0.717, 1.165) is 23.4 Å². The molecule has 0 aliphatic carbocycles. The number of likely N-dealkylation sites (tertiary alicyclic amines) is 1. The molecule has 110 valence electrons. The fourth-order valence-electron chi connectivity index (χ4n) is 2.53. The fourth-order valence-corrected chi connectivity index (χ4v) is 2.74. The maximum atomic E-state index is 6.15. The zero-order valence-corrected chi connectivity index (χ0v) is 12.6. The van der Waals surface area contributed by atoms with E-state index in [9.17, 15) is 0 Å². The van der Waals surface area contributed by atoms with Gasteiger partial charge in [-0.05, 0) is 32.5 Å². The predicted octanol–water partition coefficient (Wildman–Crippen LogP) is 2.67. The summed E-state index contributed by atoms with van der Waals surface area (Å²) in [4.78, 5) is 14.5. The third kappa shape index (κ3) is 3.31. The van der Waals surface area contributed by atoms with E-state index in [2.05, 4.69) is 26.9 Å². The van der Waals surface area contributed by atoms with Crippen LogP contribution in [-0.4, -0.2) is 46.1 Å². The normalized spacial score (nSPS) is 18.9. The van der Waals surface area contributed by atoms with Gasteiger partial charge in [0.1, 0.15) is 23.8 Å². The number of aromatic nitrogens is 3. The Bertz CT molecular complexity index is 608. The number of rotatable bonds is 4. The minimum Gasteiger partial charge on any atom is -0.490 e. The molecule has 0 radical (unpaired) electrons. The molecule has 0 N–H and O–H groups in total. The summed E-state index contributed by atoms with van der Waals surface area (Å²) in [5, 5.41) is 0.426. The minimum atomic E-state index is 0.426. The largest absolute Gasteiger partial charge is 0.490 e. The molecule has 1 aliphatic heterocycles. The molecule has 2 aromatic heterocycles. The molecule has 3 heterocycles. The van der Waals surface area contributed by atoms with E-state index in [1.807, 2.05) is 6.07 Å². The van der Waals surface area contributed by atoms with E-state index in [1.165, 1.54) is 19.2 Å². The van der Waals surface area contributed by atoms with Crippen LogP contribution in [0.15, 0.2) is 31.0 Å². The Kier molecular flexibility index (Phi) is 4.31. The zero-order chi connectivity index (χ0) is 14.7. The van der Waals surface area contributed by atoms with Crippen LogP contribution in [0.3, 0.4) is 0 Å². The molecule has 21 heavy (non-hydrogen) atoms. The Labute approximate surface area is 129 Å². The third-order valence-corrected chi connectivity index (χ3v) is 4.10. The van der Waals surface area contributed by atoms with Crippen molar-refractivity contribution in [1.29, 1.82) is 0 Å². The van der Waals surface area contributed by atoms with Crippen LogP contribution < -0.4 is 4.74 Å². The van der Waals surface area contributed by atoms with Gasteiger partial charge in [0.2, 0.25) is 0 Å². The Morgan fingerprint density at radius 2 is 2.14 bits per heavy atom. The van der Waals surface area contributed by atoms with Gasteiger partial charge in [0.25, 0.3) is 0 Å². The summed E-state index contributed by atoms with van der Waals surface area (Å²) in [6.07, 6.45) is 8.98. The van der Waals surface area contributed by atoms with E-state index in [-0.39, 0.29) is 0 Å². The molecule has 1 aliphatic rings. The van der Waals surface area contributed by atoms with Crippen LogP contribution in [0, 0.1) is 0 Å². The summed E-state index contributed by atoms with van der Waals surface area (Å²) in [6.45, 7) is 1.81. The number of pyridine rings is 1. The van der Waals surface area contributed by atoms with Gasteiger partial charge in [-0.2, -0.15) is 0 Å². The molecule has 5 nitrogen and oxygen atoms in total. The molecule has 3 rings (SSSR count). The maximum Gasteiger partial charge on any atom is 0.138 e. The molecule has 0 aromatic carbocycles. The van der Waals surface area contributed by atoms with E-state index < -0.39 is 0 Å². The van der Waals surface area contributed by atoms with Gasteiger partial charge in [0, 0.05) is 29.6 Å². The second-order valence-corrected chi connectivity index (χ2v) is 5.58. The number of nitrogens with zero attached hydrogens (tertiary/aromatic N) is 4. The summed E-state index contributed by atoms with van der Waals surface area (Å²) in [5.41, 5.74) is 1.62. The fraction of sp³-hybridized carbons (Fsp3) is 0.400. The number of hydrogen-bond acceptors (Lipinski definition) is 5. The first-order chi connectivity index (χ1) is 10.2. The first-order valence-electron chi connectivity index (χ1n) is 6.98. The van der Waals surface area contributed by atoms with Crippen molar-refractivity contribution in [2.45, 2.75) is 18.9 Å². The first-order valence-corrected chi connectivity index (χ1v) is 7.36. The first kappa shape index (κ1) is 14.2. The number of halogens is 1. The van der Waals surface area contributed by atoms with Gasteiger partial charge in [-0.3, -0.25) is 0 Å². The van der Waals surface area contributed by atoms with Crippen LogP contribution in [0.2, 0.25) is 5.15 Å². The highest BCUT2D eigenvalue weighted by Gasteiger charge is 2.21. The highest BCUT2D eigenvalue weighted by molar-refractivity contribution is 6.32. The van der Waals surface area contributed by atoms with Gasteiger partial charge in [-0.15, -0.1) is 0 Å². The molecule has 1 fully saturated rings. The van der Waals surface area contributed by atoms with E-state index in [0.29, 0.717) is 17.8 Å². The third-order valence-electron chi connectivity index (χ3n) is 3.80. The van der Waals surface area contributed by atoms with Crippen molar-refractivity contribution >= 4 is 11.6 Å². The molecular weight excluding hydrogens is 288 g/mol. The Morgan fingerprint density at radius 3 is 2.86 bits per heavy atom. The van der Waals surface area contributed by atoms with Crippen molar-refractivity contribution < 1.29 is 4.74 Å². The Morgan fingerprint density at radius 1 is 1.33 bits per heavy atom. The van der Waals surface area contributed by atoms with Gasteiger partial charge in [0.05, 0.1) is 6.20 Å². The van der Waals surface area contributed by atoms with Gasteiger partial charge in [0.15, 0.2) is 0 Å². The summed E-state index contributed by atoms with van der Waals surface area (Å²) in [7, 11) is 2.13. The lowest BCUT2D eigenvalue weighted by molar-refractivity contribution is 0.198. The molecule has 0 unspecified atom stereocenters. The summed E-state index contributed by atoms with van der Waals surface area (Å²) in [6, 6.07) is 2.37. The highest BCUT2D eigenvalue weighted by Crippen LogP contribution is 2.29. The number of likely N-dealkylation sites (N-methyl/N-ethyl adjacent to an activating group) is 1. The lowest BCUT2D eigenvalue weighted by atomic mass is 10.1. The predicted molar refractivity (Wildman–Crippen MR) is 81.4 cm³/mol. The summed E-state index contributed by atoms with van der Waals surface area (Å²) >= 11 is 6.15. The average Bonchev–Trinajstić information content (AvgIpc) is 2.93. The van der Waals surface area contributed by atoms with Crippen LogP contribution in [0.4, 0.5) is 0 Å². The van der Waals surface area contributed by atoms with Crippen molar-refractivity contribution in [3.63, 3.8) is 0 Å². The Balaban J connectivity index is 1.75. The maximum absolute atomic E-state index is 6.15. The zero-order valence-electron chi connectivity index (χ0n) is 11.9. The quantitative estimate of drug-likeness (QED) is 0.813. The van der Waals surface area contributed by atoms with Crippen LogP contribution in [0.1, 0.15) is 12.8 Å². The molecule has 6 heteroatoms. The SMILES string of the molecule is CN1CCC[C@H]1COc1cnc(Cl)c(-c2cncnc2)c1. The van der Waals surface area contributed by atoms with Crippen LogP contribution in [-0.2, 0) is 0 Å². The molecule has 1 atom stereocenters. The van der Waals surface area contributed by atoms with Crippen LogP contribution in [0.5, 0.6) is 5.75 Å². The highest BCUT2D eigenvalue weighted by atomic mass is 35.5. The van der Waals surface area contributed by atoms with E-state index in [1.54, 1.807) is 18.6 Å². The molecule has 0 amide bonds. The molecule has 2 aromatic rings. The molecule has 0 saturated carbocycles. The Hall–Kier alpha value is -1.72. The molecular formula is C15H17ClN4O. The van der Waals surface area contributed by atoms with Gasteiger partial charge >= 0.3 is 0 Å². The van der Waals surface area contributed by atoms with Crippen molar-refractivity contribution in [2.75, 3.05) is 20.2 Å². The van der Waals surface area contributed by atoms with Crippen molar-refractivity contribution in [1.82, 2.24) is 19.9 Å². The van der Waals surface area contributed by atoms with E-state index >= 15 is 0 Å². The van der Waals surface area contributed by atoms with Crippen molar-refractivity contribution in [2.24, 2.45) is 0 Å². The molecule has 0 bridgehead atoms. The smallest absolute Gasteiger partial charge is 0.138 e. The lowest BCUT2D eigenvalue weighted by Gasteiger charge is -2.19.